The Bertz CT molecular complexity index is 828. The van der Waals surface area contributed by atoms with Crippen molar-refractivity contribution in [3.05, 3.63) is 48.1 Å². The van der Waals surface area contributed by atoms with Crippen LogP contribution in [-0.4, -0.2) is 21.5 Å². The van der Waals surface area contributed by atoms with E-state index >= 15 is 0 Å². The summed E-state index contributed by atoms with van der Waals surface area (Å²) in [6, 6.07) is 9.91. The topological polar surface area (TPSA) is 67.4 Å². The van der Waals surface area contributed by atoms with Crippen molar-refractivity contribution in [2.24, 2.45) is 10.7 Å². The van der Waals surface area contributed by atoms with E-state index in [-0.39, 0.29) is 5.54 Å². The summed E-state index contributed by atoms with van der Waals surface area (Å²) in [5.74, 6) is 0.420. The quantitative estimate of drug-likeness (QED) is 0.572. The first-order valence-electron chi connectivity index (χ1n) is 7.34. The first-order valence-corrected chi connectivity index (χ1v) is 8.22. The summed E-state index contributed by atoms with van der Waals surface area (Å²) in [7, 11) is 0. The van der Waals surface area contributed by atoms with Gasteiger partial charge in [0.2, 0.25) is 5.96 Å². The Morgan fingerprint density at radius 1 is 1.13 bits per heavy atom. The Labute approximate surface area is 139 Å². The van der Waals surface area contributed by atoms with E-state index in [1.807, 2.05) is 61.4 Å². The Morgan fingerprint density at radius 2 is 1.91 bits per heavy atom. The minimum absolute atomic E-state index is 0.275. The number of aromatic nitrogens is 2. The zero-order valence-corrected chi connectivity index (χ0v) is 14.2. The summed E-state index contributed by atoms with van der Waals surface area (Å²) in [5.41, 5.74) is 7.90. The van der Waals surface area contributed by atoms with Gasteiger partial charge in [0, 0.05) is 23.2 Å². The largest absolute Gasteiger partial charge is 0.369 e. The molecule has 0 saturated heterocycles. The van der Waals surface area contributed by atoms with Gasteiger partial charge >= 0.3 is 0 Å². The van der Waals surface area contributed by atoms with Gasteiger partial charge in [-0.25, -0.2) is 9.98 Å². The molecule has 2 aromatic heterocycles. The standard InChI is InChI=1S/C17H19N5S/c1-17(2,3)21-15(18)22(16-20-10-11-23-16)14-8-9-19-13-7-5-4-6-12(13)14/h4-11H,1-3H3,(H2,18,21). The van der Waals surface area contributed by atoms with Gasteiger partial charge in [-0.15, -0.1) is 11.3 Å². The van der Waals surface area contributed by atoms with E-state index < -0.39 is 0 Å². The molecule has 0 aliphatic heterocycles. The number of rotatable bonds is 2. The van der Waals surface area contributed by atoms with Crippen LogP contribution >= 0.6 is 11.3 Å². The second kappa shape index (κ2) is 5.96. The summed E-state index contributed by atoms with van der Waals surface area (Å²) in [6.45, 7) is 6.06. The lowest BCUT2D eigenvalue weighted by atomic mass is 10.1. The van der Waals surface area contributed by atoms with Gasteiger partial charge in [-0.05, 0) is 32.9 Å². The van der Waals surface area contributed by atoms with Crippen molar-refractivity contribution < 1.29 is 0 Å². The molecule has 0 unspecified atom stereocenters. The monoisotopic (exact) mass is 325 g/mol. The fourth-order valence-electron chi connectivity index (χ4n) is 2.32. The molecular weight excluding hydrogens is 306 g/mol. The number of nitrogens with zero attached hydrogens (tertiary/aromatic N) is 4. The lowest BCUT2D eigenvalue weighted by Gasteiger charge is -2.24. The third-order valence-electron chi connectivity index (χ3n) is 3.16. The van der Waals surface area contributed by atoms with Gasteiger partial charge in [-0.2, -0.15) is 0 Å². The first kappa shape index (κ1) is 15.4. The third kappa shape index (κ3) is 3.32. The molecule has 0 aliphatic carbocycles. The summed E-state index contributed by atoms with van der Waals surface area (Å²) in [5, 5.41) is 3.72. The highest BCUT2D eigenvalue weighted by Crippen LogP contribution is 2.32. The molecule has 6 heteroatoms. The maximum atomic E-state index is 6.34. The number of para-hydroxylation sites is 1. The number of aliphatic imine (C=N–C) groups is 1. The first-order chi connectivity index (χ1) is 11.0. The van der Waals surface area contributed by atoms with Crippen molar-refractivity contribution in [2.45, 2.75) is 26.3 Å². The predicted molar refractivity (Wildman–Crippen MR) is 97.4 cm³/mol. The number of nitrogens with two attached hydrogens (primary N) is 1. The molecule has 0 atom stereocenters. The number of fused-ring (bicyclic) bond motifs is 1. The van der Waals surface area contributed by atoms with E-state index in [0.717, 1.165) is 21.7 Å². The Balaban J connectivity index is 2.21. The van der Waals surface area contributed by atoms with Gasteiger partial charge in [0.25, 0.3) is 0 Å². The molecule has 0 saturated carbocycles. The molecule has 2 N–H and O–H groups in total. The second-order valence-corrected chi connectivity index (χ2v) is 7.01. The summed E-state index contributed by atoms with van der Waals surface area (Å²) in [6.07, 6.45) is 3.55. The molecule has 0 radical (unpaired) electrons. The average molecular weight is 325 g/mol. The fourth-order valence-corrected chi connectivity index (χ4v) is 2.98. The van der Waals surface area contributed by atoms with E-state index in [1.165, 1.54) is 11.3 Å². The molecule has 0 amide bonds. The molecule has 5 nitrogen and oxygen atoms in total. The van der Waals surface area contributed by atoms with E-state index in [9.17, 15) is 0 Å². The highest BCUT2D eigenvalue weighted by atomic mass is 32.1. The van der Waals surface area contributed by atoms with Gasteiger partial charge in [0.05, 0.1) is 16.7 Å². The molecule has 0 spiro atoms. The van der Waals surface area contributed by atoms with Crippen LogP contribution in [0, 0.1) is 0 Å². The van der Waals surface area contributed by atoms with Crippen LogP contribution in [-0.2, 0) is 0 Å². The lowest BCUT2D eigenvalue weighted by molar-refractivity contribution is 0.582. The van der Waals surface area contributed by atoms with E-state index in [0.29, 0.717) is 5.96 Å². The molecule has 23 heavy (non-hydrogen) atoms. The zero-order chi connectivity index (χ0) is 16.4. The minimum atomic E-state index is -0.275. The molecule has 1 aromatic carbocycles. The second-order valence-electron chi connectivity index (χ2n) is 6.14. The van der Waals surface area contributed by atoms with Crippen LogP contribution in [0.3, 0.4) is 0 Å². The number of anilines is 2. The SMILES string of the molecule is CC(C)(C)N=C(N)N(c1nccs1)c1ccnc2ccccc12. The highest BCUT2D eigenvalue weighted by Gasteiger charge is 2.20. The van der Waals surface area contributed by atoms with E-state index in [4.69, 9.17) is 5.73 Å². The molecular formula is C17H19N5S. The van der Waals surface area contributed by atoms with Crippen LogP contribution in [0.15, 0.2) is 53.1 Å². The van der Waals surface area contributed by atoms with Crippen molar-refractivity contribution in [1.82, 2.24) is 9.97 Å². The van der Waals surface area contributed by atoms with Crippen molar-refractivity contribution in [3.63, 3.8) is 0 Å². The van der Waals surface area contributed by atoms with Crippen molar-refractivity contribution in [3.8, 4) is 0 Å². The van der Waals surface area contributed by atoms with Crippen LogP contribution in [0.1, 0.15) is 20.8 Å². The zero-order valence-electron chi connectivity index (χ0n) is 13.4. The van der Waals surface area contributed by atoms with Gasteiger partial charge in [-0.1, -0.05) is 18.2 Å². The minimum Gasteiger partial charge on any atom is -0.369 e. The smallest absolute Gasteiger partial charge is 0.202 e. The molecule has 2 heterocycles. The molecule has 0 fully saturated rings. The highest BCUT2D eigenvalue weighted by molar-refractivity contribution is 7.13. The van der Waals surface area contributed by atoms with Crippen molar-refractivity contribution in [1.29, 1.82) is 0 Å². The number of pyridine rings is 1. The number of hydrogen-bond acceptors (Lipinski definition) is 4. The normalized spacial score (nSPS) is 12.6. The maximum absolute atomic E-state index is 6.34. The Morgan fingerprint density at radius 3 is 2.61 bits per heavy atom. The summed E-state index contributed by atoms with van der Waals surface area (Å²) in [4.78, 5) is 15.3. The van der Waals surface area contributed by atoms with Crippen LogP contribution in [0.4, 0.5) is 10.8 Å². The molecule has 3 aromatic rings. The van der Waals surface area contributed by atoms with Crippen molar-refractivity contribution in [2.75, 3.05) is 4.90 Å². The van der Waals surface area contributed by atoms with E-state index in [1.54, 1.807) is 12.4 Å². The molecule has 0 bridgehead atoms. The number of benzene rings is 1. The maximum Gasteiger partial charge on any atom is 0.202 e. The Kier molecular flexibility index (Phi) is 4.00. The van der Waals surface area contributed by atoms with Crippen LogP contribution in [0.2, 0.25) is 0 Å². The van der Waals surface area contributed by atoms with Gasteiger partial charge < -0.3 is 5.73 Å². The van der Waals surface area contributed by atoms with Crippen LogP contribution in [0.5, 0.6) is 0 Å². The van der Waals surface area contributed by atoms with Crippen molar-refractivity contribution >= 4 is 39.0 Å². The lowest BCUT2D eigenvalue weighted by Crippen LogP contribution is -2.36. The number of hydrogen-bond donors (Lipinski definition) is 1. The van der Waals surface area contributed by atoms with E-state index in [2.05, 4.69) is 15.0 Å². The van der Waals surface area contributed by atoms with Crippen LogP contribution < -0.4 is 10.6 Å². The summed E-state index contributed by atoms with van der Waals surface area (Å²) >= 11 is 1.52. The van der Waals surface area contributed by atoms with Crippen LogP contribution in [0.25, 0.3) is 10.9 Å². The van der Waals surface area contributed by atoms with Gasteiger partial charge in [-0.3, -0.25) is 9.88 Å². The number of guanidine groups is 1. The molecule has 0 aliphatic rings. The third-order valence-corrected chi connectivity index (χ3v) is 3.91. The van der Waals surface area contributed by atoms with Gasteiger partial charge in [0.15, 0.2) is 5.13 Å². The Hall–Kier alpha value is -2.47. The average Bonchev–Trinajstić information content (AvgIpc) is 3.00. The molecule has 3 rings (SSSR count). The summed E-state index contributed by atoms with van der Waals surface area (Å²) < 4.78 is 0. The predicted octanol–water partition coefficient (Wildman–Crippen LogP) is 3.94. The molecule has 118 valence electrons. The van der Waals surface area contributed by atoms with Gasteiger partial charge in [0.1, 0.15) is 0 Å². The number of thiazole rings is 1. The fraction of sp³-hybridized carbons (Fsp3) is 0.235.